The van der Waals surface area contributed by atoms with Crippen LogP contribution in [-0.2, 0) is 6.54 Å². The van der Waals surface area contributed by atoms with E-state index in [0.717, 1.165) is 12.2 Å². The Balaban J connectivity index is 2.53. The van der Waals surface area contributed by atoms with Gasteiger partial charge in [0.05, 0.1) is 0 Å². The molecule has 5 heteroatoms. The first-order valence-corrected chi connectivity index (χ1v) is 4.58. The van der Waals surface area contributed by atoms with Gasteiger partial charge in [0.1, 0.15) is 11.0 Å². The second-order valence-corrected chi connectivity index (χ2v) is 3.62. The third-order valence-electron chi connectivity index (χ3n) is 2.16. The summed E-state index contributed by atoms with van der Waals surface area (Å²) in [4.78, 5) is 15.0. The Morgan fingerprint density at radius 3 is 3.31 bits per heavy atom. The maximum atomic E-state index is 11.3. The Morgan fingerprint density at radius 2 is 2.54 bits per heavy atom. The van der Waals surface area contributed by atoms with E-state index in [1.54, 1.807) is 10.6 Å². The maximum Gasteiger partial charge on any atom is 0.350 e. The molecular formula is C8H10ClN3O. The van der Waals surface area contributed by atoms with E-state index in [2.05, 4.69) is 17.2 Å². The van der Waals surface area contributed by atoms with Crippen molar-refractivity contribution in [3.63, 3.8) is 0 Å². The van der Waals surface area contributed by atoms with Crippen molar-refractivity contribution in [2.45, 2.75) is 25.9 Å². The predicted molar refractivity (Wildman–Crippen MR) is 51.2 cm³/mol. The molecule has 2 rings (SSSR count). The van der Waals surface area contributed by atoms with E-state index in [4.69, 9.17) is 11.6 Å². The minimum absolute atomic E-state index is 0.248. The van der Waals surface area contributed by atoms with Crippen molar-refractivity contribution >= 4 is 17.4 Å². The van der Waals surface area contributed by atoms with Crippen LogP contribution in [0.2, 0.25) is 5.15 Å². The fraction of sp³-hybridized carbons (Fsp3) is 0.500. The summed E-state index contributed by atoms with van der Waals surface area (Å²) in [6, 6.07) is 2.07. The maximum absolute atomic E-state index is 11.3. The smallest absolute Gasteiger partial charge is 0.350 e. The molecule has 1 aliphatic rings. The lowest BCUT2D eigenvalue weighted by molar-refractivity contribution is 0.531. The highest BCUT2D eigenvalue weighted by Crippen LogP contribution is 2.17. The van der Waals surface area contributed by atoms with Crippen LogP contribution >= 0.6 is 11.6 Å². The number of hydrogen-bond acceptors (Lipinski definition) is 3. The average Bonchev–Trinajstić information content (AvgIpc) is 2.02. The number of nitrogens with one attached hydrogen (secondary N) is 1. The summed E-state index contributed by atoms with van der Waals surface area (Å²) in [6.45, 7) is 2.79. The van der Waals surface area contributed by atoms with Gasteiger partial charge in [0.15, 0.2) is 0 Å². The highest BCUT2D eigenvalue weighted by atomic mass is 35.5. The highest BCUT2D eigenvalue weighted by Gasteiger charge is 2.15. The van der Waals surface area contributed by atoms with E-state index in [-0.39, 0.29) is 10.8 Å². The number of fused-ring (bicyclic) bond motifs is 1. The molecule has 70 valence electrons. The van der Waals surface area contributed by atoms with Gasteiger partial charge in [0, 0.05) is 18.7 Å². The summed E-state index contributed by atoms with van der Waals surface area (Å²) < 4.78 is 1.60. The molecule has 0 saturated heterocycles. The summed E-state index contributed by atoms with van der Waals surface area (Å²) in [7, 11) is 0. The first kappa shape index (κ1) is 8.56. The third kappa shape index (κ3) is 1.54. The molecule has 0 saturated carbocycles. The predicted octanol–water partition coefficient (Wildman–Crippen LogP) is 1.10. The van der Waals surface area contributed by atoms with Crippen LogP contribution in [0.4, 0.5) is 5.82 Å². The van der Waals surface area contributed by atoms with Crippen molar-refractivity contribution < 1.29 is 0 Å². The summed E-state index contributed by atoms with van der Waals surface area (Å²) in [5, 5.41) is 3.43. The summed E-state index contributed by atoms with van der Waals surface area (Å²) in [5.74, 6) is 0.767. The number of anilines is 1. The molecule has 0 spiro atoms. The van der Waals surface area contributed by atoms with Crippen molar-refractivity contribution in [2.24, 2.45) is 0 Å². The van der Waals surface area contributed by atoms with E-state index >= 15 is 0 Å². The lowest BCUT2D eigenvalue weighted by Crippen LogP contribution is -2.34. The molecule has 0 unspecified atom stereocenters. The summed E-state index contributed by atoms with van der Waals surface area (Å²) in [5.41, 5.74) is -0.276. The van der Waals surface area contributed by atoms with Gasteiger partial charge >= 0.3 is 5.69 Å². The molecule has 4 nitrogen and oxygen atoms in total. The minimum Gasteiger partial charge on any atom is -0.369 e. The quantitative estimate of drug-likeness (QED) is 0.637. The van der Waals surface area contributed by atoms with Crippen LogP contribution in [0.25, 0.3) is 0 Å². The standard InChI is InChI=1S/C8H10ClN3O/c1-5-2-3-12-7(10-5)4-6(9)11-8(12)13/h4-5,10H,2-3H2,1H3/t5-/m1/s1. The number of nitrogens with zero attached hydrogens (tertiary/aromatic N) is 2. The molecule has 0 aliphatic carbocycles. The molecule has 1 aromatic heterocycles. The Labute approximate surface area is 80.5 Å². The van der Waals surface area contributed by atoms with Crippen molar-refractivity contribution in [3.8, 4) is 0 Å². The number of aromatic nitrogens is 2. The van der Waals surface area contributed by atoms with Crippen LogP contribution in [0.1, 0.15) is 13.3 Å². The lowest BCUT2D eigenvalue weighted by atomic mass is 10.2. The number of rotatable bonds is 0. The van der Waals surface area contributed by atoms with Gasteiger partial charge in [-0.05, 0) is 13.3 Å². The van der Waals surface area contributed by atoms with Crippen molar-refractivity contribution in [3.05, 3.63) is 21.7 Å². The Morgan fingerprint density at radius 1 is 1.77 bits per heavy atom. The van der Waals surface area contributed by atoms with E-state index in [9.17, 15) is 4.79 Å². The second kappa shape index (κ2) is 3.03. The van der Waals surface area contributed by atoms with Gasteiger partial charge in [-0.3, -0.25) is 4.57 Å². The van der Waals surface area contributed by atoms with Crippen LogP contribution < -0.4 is 11.0 Å². The monoisotopic (exact) mass is 199 g/mol. The zero-order valence-corrected chi connectivity index (χ0v) is 8.01. The van der Waals surface area contributed by atoms with Crippen molar-refractivity contribution in [2.75, 3.05) is 5.32 Å². The number of hydrogen-bond donors (Lipinski definition) is 1. The third-order valence-corrected chi connectivity index (χ3v) is 2.35. The van der Waals surface area contributed by atoms with Gasteiger partial charge < -0.3 is 5.32 Å². The first-order chi connectivity index (χ1) is 6.16. The summed E-state index contributed by atoms with van der Waals surface area (Å²) in [6.07, 6.45) is 0.941. The topological polar surface area (TPSA) is 46.9 Å². The molecule has 0 aromatic carbocycles. The van der Waals surface area contributed by atoms with Crippen molar-refractivity contribution in [1.82, 2.24) is 9.55 Å². The zero-order valence-electron chi connectivity index (χ0n) is 7.25. The molecule has 1 aliphatic heterocycles. The molecule has 0 radical (unpaired) electrons. The van der Waals surface area contributed by atoms with Gasteiger partial charge in [-0.25, -0.2) is 4.79 Å². The lowest BCUT2D eigenvalue weighted by Gasteiger charge is -2.24. The largest absolute Gasteiger partial charge is 0.369 e. The molecule has 1 atom stereocenters. The van der Waals surface area contributed by atoms with Gasteiger partial charge in [0.2, 0.25) is 0 Å². The fourth-order valence-electron chi connectivity index (χ4n) is 1.46. The van der Waals surface area contributed by atoms with Crippen molar-refractivity contribution in [1.29, 1.82) is 0 Å². The first-order valence-electron chi connectivity index (χ1n) is 4.21. The zero-order chi connectivity index (χ0) is 9.42. The SMILES string of the molecule is C[C@@H]1CCn2c(cc(Cl)nc2=O)N1. The number of halogens is 1. The van der Waals surface area contributed by atoms with Crippen LogP contribution in [0.3, 0.4) is 0 Å². The van der Waals surface area contributed by atoms with E-state index < -0.39 is 0 Å². The average molecular weight is 200 g/mol. The van der Waals surface area contributed by atoms with Crippen LogP contribution in [0, 0.1) is 0 Å². The Bertz CT molecular complexity index is 387. The van der Waals surface area contributed by atoms with Gasteiger partial charge in [-0.2, -0.15) is 4.98 Å². The van der Waals surface area contributed by atoms with E-state index in [1.165, 1.54) is 0 Å². The summed E-state index contributed by atoms with van der Waals surface area (Å²) >= 11 is 5.67. The molecule has 0 fully saturated rings. The van der Waals surface area contributed by atoms with Gasteiger partial charge in [-0.15, -0.1) is 0 Å². The van der Waals surface area contributed by atoms with E-state index in [0.29, 0.717) is 12.6 Å². The normalized spacial score (nSPS) is 20.6. The molecular weight excluding hydrogens is 190 g/mol. The van der Waals surface area contributed by atoms with Crippen LogP contribution in [0.15, 0.2) is 10.9 Å². The van der Waals surface area contributed by atoms with Crippen LogP contribution in [-0.4, -0.2) is 15.6 Å². The van der Waals surface area contributed by atoms with Crippen LogP contribution in [0.5, 0.6) is 0 Å². The minimum atomic E-state index is -0.276. The highest BCUT2D eigenvalue weighted by molar-refractivity contribution is 6.29. The van der Waals surface area contributed by atoms with Gasteiger partial charge in [-0.1, -0.05) is 11.6 Å². The molecule has 0 bridgehead atoms. The van der Waals surface area contributed by atoms with Gasteiger partial charge in [0.25, 0.3) is 0 Å². The molecule has 2 heterocycles. The Hall–Kier alpha value is -1.03. The molecule has 1 N–H and O–H groups in total. The fourth-order valence-corrected chi connectivity index (χ4v) is 1.64. The molecule has 1 aromatic rings. The Kier molecular flexibility index (Phi) is 2.00. The van der Waals surface area contributed by atoms with E-state index in [1.807, 2.05) is 0 Å². The molecule has 0 amide bonds. The second-order valence-electron chi connectivity index (χ2n) is 3.23. The molecule has 13 heavy (non-hydrogen) atoms.